The van der Waals surface area contributed by atoms with Crippen molar-refractivity contribution in [2.45, 2.75) is 80.2 Å². The van der Waals surface area contributed by atoms with Crippen molar-refractivity contribution in [3.63, 3.8) is 0 Å². The van der Waals surface area contributed by atoms with Crippen LogP contribution in [0.25, 0.3) is 11.3 Å². The number of nitrogens with one attached hydrogen (secondary N) is 2. The lowest BCUT2D eigenvalue weighted by molar-refractivity contribution is 0.622. The van der Waals surface area contributed by atoms with Gasteiger partial charge in [0.15, 0.2) is 0 Å². The molecule has 0 spiro atoms. The molecule has 0 saturated heterocycles. The molecule has 2 rings (SSSR count). The van der Waals surface area contributed by atoms with Gasteiger partial charge in [-0.3, -0.25) is 0 Å². The molecule has 0 saturated carbocycles. The van der Waals surface area contributed by atoms with Gasteiger partial charge >= 0.3 is 0 Å². The first-order valence-corrected chi connectivity index (χ1v) is 11.9. The second kappa shape index (κ2) is 10.8. The van der Waals surface area contributed by atoms with E-state index in [1.807, 2.05) is 18.3 Å². The normalized spacial score (nSPS) is 12.1. The minimum absolute atomic E-state index is 0.423. The summed E-state index contributed by atoms with van der Waals surface area (Å²) in [5.41, 5.74) is 5.64. The summed E-state index contributed by atoms with van der Waals surface area (Å²) in [7, 11) is 0. The van der Waals surface area contributed by atoms with Crippen LogP contribution in [0.4, 0.5) is 10.7 Å². The Morgan fingerprint density at radius 2 is 1.90 bits per heavy atom. The first kappa shape index (κ1) is 23.4. The molecule has 0 aliphatic rings. The van der Waals surface area contributed by atoms with Gasteiger partial charge in [-0.1, -0.05) is 27.2 Å². The van der Waals surface area contributed by atoms with E-state index in [1.54, 1.807) is 0 Å². The summed E-state index contributed by atoms with van der Waals surface area (Å²) < 4.78 is 0. The molecule has 2 heterocycles. The van der Waals surface area contributed by atoms with Gasteiger partial charge in [0.05, 0.1) is 22.1 Å². The highest BCUT2D eigenvalue weighted by Crippen LogP contribution is 2.38. The predicted molar refractivity (Wildman–Crippen MR) is 130 cm³/mol. The van der Waals surface area contributed by atoms with Crippen molar-refractivity contribution >= 4 is 27.7 Å². The van der Waals surface area contributed by atoms with Crippen molar-refractivity contribution in [3.8, 4) is 11.3 Å². The molecule has 4 nitrogen and oxygen atoms in total. The van der Waals surface area contributed by atoms with Crippen LogP contribution in [0, 0.1) is 19.3 Å². The molecule has 0 aliphatic heterocycles. The molecule has 2 aromatic rings. The molecule has 160 valence electrons. The van der Waals surface area contributed by atoms with E-state index in [1.165, 1.54) is 15.4 Å². The standard InChI is InChI=1S/C24H38N4S/c1-8-12-19(10-3)26-21-14-16(5)23(27-24(21)17(6)25)20-15-22(29-18(20)7)28(11-4)13-9-2/h14-15,19,25-26H,8-13H2,1-7H3. The van der Waals surface area contributed by atoms with Gasteiger partial charge in [0.2, 0.25) is 0 Å². The van der Waals surface area contributed by atoms with Crippen LogP contribution in [-0.2, 0) is 0 Å². The lowest BCUT2D eigenvalue weighted by Crippen LogP contribution is -2.22. The second-order valence-corrected chi connectivity index (χ2v) is 9.08. The third-order valence-corrected chi connectivity index (χ3v) is 6.52. The van der Waals surface area contributed by atoms with Gasteiger partial charge in [-0.2, -0.15) is 0 Å². The van der Waals surface area contributed by atoms with Crippen molar-refractivity contribution in [2.24, 2.45) is 0 Å². The van der Waals surface area contributed by atoms with E-state index in [0.29, 0.717) is 11.8 Å². The molecule has 2 N–H and O–H groups in total. The monoisotopic (exact) mass is 414 g/mol. The van der Waals surface area contributed by atoms with E-state index in [4.69, 9.17) is 10.4 Å². The van der Waals surface area contributed by atoms with Gasteiger partial charge < -0.3 is 15.6 Å². The van der Waals surface area contributed by atoms with E-state index in [2.05, 4.69) is 63.9 Å². The van der Waals surface area contributed by atoms with E-state index in [9.17, 15) is 0 Å². The van der Waals surface area contributed by atoms with Crippen LogP contribution >= 0.6 is 11.3 Å². The van der Waals surface area contributed by atoms with Crippen molar-refractivity contribution in [1.82, 2.24) is 4.98 Å². The maximum atomic E-state index is 8.31. The Kier molecular flexibility index (Phi) is 8.69. The average Bonchev–Trinajstić information content (AvgIpc) is 3.06. The summed E-state index contributed by atoms with van der Waals surface area (Å²) in [6, 6.07) is 4.90. The molecule has 0 amide bonds. The predicted octanol–water partition coefficient (Wildman–Crippen LogP) is 7.04. The van der Waals surface area contributed by atoms with Crippen LogP contribution < -0.4 is 10.2 Å². The quantitative estimate of drug-likeness (QED) is 0.388. The Morgan fingerprint density at radius 1 is 1.17 bits per heavy atom. The second-order valence-electron chi connectivity index (χ2n) is 7.85. The summed E-state index contributed by atoms with van der Waals surface area (Å²) >= 11 is 1.85. The maximum Gasteiger partial charge on any atom is 0.107 e. The number of rotatable bonds is 11. The molecule has 5 heteroatoms. The molecule has 0 radical (unpaired) electrons. The molecule has 0 bridgehead atoms. The molecule has 29 heavy (non-hydrogen) atoms. The summed E-state index contributed by atoms with van der Waals surface area (Å²) in [5, 5.41) is 13.3. The average molecular weight is 415 g/mol. The van der Waals surface area contributed by atoms with Crippen LogP contribution in [0.2, 0.25) is 0 Å². The van der Waals surface area contributed by atoms with E-state index in [-0.39, 0.29) is 0 Å². The number of aryl methyl sites for hydroxylation is 2. The molecule has 0 fully saturated rings. The molecule has 0 aliphatic carbocycles. The largest absolute Gasteiger partial charge is 0.381 e. The van der Waals surface area contributed by atoms with Crippen molar-refractivity contribution < 1.29 is 0 Å². The van der Waals surface area contributed by atoms with E-state index >= 15 is 0 Å². The summed E-state index contributed by atoms with van der Waals surface area (Å²) in [6.07, 6.45) is 4.50. The SMILES string of the molecule is CCCC(CC)Nc1cc(C)c(-c2cc(N(CC)CCC)sc2C)nc1C(C)=N. The lowest BCUT2D eigenvalue weighted by atomic mass is 10.0. The zero-order valence-electron chi connectivity index (χ0n) is 19.3. The number of nitrogens with zero attached hydrogens (tertiary/aromatic N) is 2. The Hall–Kier alpha value is -1.88. The molecule has 1 atom stereocenters. The fraction of sp³-hybridized carbons (Fsp3) is 0.583. The fourth-order valence-electron chi connectivity index (χ4n) is 3.78. The number of thiophene rings is 1. The Balaban J connectivity index is 2.48. The number of hydrogen-bond donors (Lipinski definition) is 2. The Morgan fingerprint density at radius 3 is 2.45 bits per heavy atom. The highest BCUT2D eigenvalue weighted by molar-refractivity contribution is 7.16. The summed E-state index contributed by atoms with van der Waals surface area (Å²) in [5.74, 6) is 0. The zero-order valence-corrected chi connectivity index (χ0v) is 20.1. The Bertz CT molecular complexity index is 825. The fourth-order valence-corrected chi connectivity index (χ4v) is 4.89. The highest BCUT2D eigenvalue weighted by atomic mass is 32.1. The summed E-state index contributed by atoms with van der Waals surface area (Å²) in [4.78, 5) is 8.72. The molecule has 1 unspecified atom stereocenters. The first-order valence-electron chi connectivity index (χ1n) is 11.0. The van der Waals surface area contributed by atoms with Gasteiger partial charge in [0.1, 0.15) is 5.69 Å². The first-order chi connectivity index (χ1) is 13.9. The number of hydrogen-bond acceptors (Lipinski definition) is 5. The number of aromatic nitrogens is 1. The van der Waals surface area contributed by atoms with Crippen LogP contribution in [0.5, 0.6) is 0 Å². The molecular formula is C24H38N4S. The van der Waals surface area contributed by atoms with Crippen molar-refractivity contribution in [2.75, 3.05) is 23.3 Å². The van der Waals surface area contributed by atoms with Crippen molar-refractivity contribution in [3.05, 3.63) is 28.3 Å². The minimum atomic E-state index is 0.423. The maximum absolute atomic E-state index is 8.31. The Labute approximate surface area is 181 Å². The van der Waals surface area contributed by atoms with Gasteiger partial charge in [-0.15, -0.1) is 11.3 Å². The minimum Gasteiger partial charge on any atom is -0.381 e. The van der Waals surface area contributed by atoms with Crippen LogP contribution in [0.15, 0.2) is 12.1 Å². The van der Waals surface area contributed by atoms with Crippen molar-refractivity contribution in [1.29, 1.82) is 5.41 Å². The third kappa shape index (κ3) is 5.59. The summed E-state index contributed by atoms with van der Waals surface area (Å²) in [6.45, 7) is 17.1. The van der Waals surface area contributed by atoms with E-state index in [0.717, 1.165) is 61.4 Å². The lowest BCUT2D eigenvalue weighted by Gasteiger charge is -2.21. The van der Waals surface area contributed by atoms with Gasteiger partial charge in [0.25, 0.3) is 0 Å². The topological polar surface area (TPSA) is 52.0 Å². The zero-order chi connectivity index (χ0) is 21.6. The molecular weight excluding hydrogens is 376 g/mol. The molecule has 0 aromatic carbocycles. The number of pyridine rings is 1. The van der Waals surface area contributed by atoms with E-state index < -0.39 is 0 Å². The van der Waals surface area contributed by atoms with Gasteiger partial charge in [0, 0.05) is 29.6 Å². The number of anilines is 2. The highest BCUT2D eigenvalue weighted by Gasteiger charge is 2.19. The van der Waals surface area contributed by atoms with Crippen LogP contribution in [-0.4, -0.2) is 29.8 Å². The molecule has 2 aromatic heterocycles. The van der Waals surface area contributed by atoms with Crippen LogP contribution in [0.1, 0.15) is 76.4 Å². The van der Waals surface area contributed by atoms with Gasteiger partial charge in [-0.25, -0.2) is 4.98 Å². The third-order valence-electron chi connectivity index (χ3n) is 5.40. The van der Waals surface area contributed by atoms with Gasteiger partial charge in [-0.05, 0) is 64.7 Å². The van der Waals surface area contributed by atoms with Crippen LogP contribution in [0.3, 0.4) is 0 Å². The smallest absolute Gasteiger partial charge is 0.107 e.